The molecule has 1 aliphatic heterocycles. The van der Waals surface area contributed by atoms with Gasteiger partial charge in [-0.2, -0.15) is 0 Å². The van der Waals surface area contributed by atoms with Crippen molar-refractivity contribution in [2.75, 3.05) is 13.2 Å². The largest absolute Gasteiger partial charge is 0.396 e. The fraction of sp³-hybridized carbons (Fsp3) is 0.846. The lowest BCUT2D eigenvalue weighted by molar-refractivity contribution is 0.176. The van der Waals surface area contributed by atoms with E-state index in [2.05, 4.69) is 17.1 Å². The Morgan fingerprint density at radius 3 is 2.93 bits per heavy atom. The highest BCUT2D eigenvalue weighted by Crippen LogP contribution is 2.27. The normalized spacial score (nSPS) is 32.3. The molecule has 2 aliphatic rings. The first-order valence-corrected chi connectivity index (χ1v) is 6.45. The smallest absolute Gasteiger partial charge is 0.0431 e. The molecule has 2 atom stereocenters. The molecule has 0 bridgehead atoms. The average Bonchev–Trinajstić information content (AvgIpc) is 2.75. The van der Waals surface area contributed by atoms with Crippen molar-refractivity contribution in [3.63, 3.8) is 0 Å². The number of allylic oxidation sites excluding steroid dienone is 1. The number of hydrogen-bond acceptors (Lipinski definition) is 2. The number of aliphatic hydroxyl groups excluding tert-OH is 1. The van der Waals surface area contributed by atoms with E-state index in [4.69, 9.17) is 5.11 Å². The van der Waals surface area contributed by atoms with Crippen molar-refractivity contribution in [3.05, 3.63) is 12.2 Å². The van der Waals surface area contributed by atoms with Crippen molar-refractivity contribution in [1.82, 2.24) is 4.90 Å². The van der Waals surface area contributed by atoms with Crippen molar-refractivity contribution in [3.8, 4) is 0 Å². The monoisotopic (exact) mass is 209 g/mol. The van der Waals surface area contributed by atoms with E-state index in [9.17, 15) is 0 Å². The molecule has 2 rings (SSSR count). The Labute approximate surface area is 93.0 Å². The van der Waals surface area contributed by atoms with Crippen molar-refractivity contribution in [1.29, 1.82) is 0 Å². The van der Waals surface area contributed by atoms with E-state index < -0.39 is 0 Å². The summed E-state index contributed by atoms with van der Waals surface area (Å²) in [6, 6.07) is 1.44. The number of aliphatic hydroxyl groups is 1. The molecule has 1 fully saturated rings. The van der Waals surface area contributed by atoms with Gasteiger partial charge in [0.2, 0.25) is 0 Å². The van der Waals surface area contributed by atoms with Crippen LogP contribution in [0.2, 0.25) is 0 Å². The summed E-state index contributed by atoms with van der Waals surface area (Å²) in [5.41, 5.74) is 0. The highest BCUT2D eigenvalue weighted by Gasteiger charge is 2.29. The van der Waals surface area contributed by atoms with Crippen LogP contribution in [0.1, 0.15) is 44.9 Å². The predicted octanol–water partition coefficient (Wildman–Crippen LogP) is 2.33. The molecule has 86 valence electrons. The minimum atomic E-state index is 0.352. The number of likely N-dealkylation sites (tertiary alicyclic amines) is 1. The van der Waals surface area contributed by atoms with Gasteiger partial charge in [0, 0.05) is 18.7 Å². The lowest BCUT2D eigenvalue weighted by Gasteiger charge is -2.32. The van der Waals surface area contributed by atoms with Gasteiger partial charge in [-0.05, 0) is 51.5 Å². The van der Waals surface area contributed by atoms with Crippen LogP contribution in [0.3, 0.4) is 0 Å². The minimum Gasteiger partial charge on any atom is -0.396 e. The average molecular weight is 209 g/mol. The molecule has 0 aromatic heterocycles. The van der Waals surface area contributed by atoms with Crippen molar-refractivity contribution < 1.29 is 5.11 Å². The summed E-state index contributed by atoms with van der Waals surface area (Å²) in [7, 11) is 0. The summed E-state index contributed by atoms with van der Waals surface area (Å²) in [5.74, 6) is 0. The second-order valence-electron chi connectivity index (χ2n) is 4.83. The first kappa shape index (κ1) is 11.2. The van der Waals surface area contributed by atoms with Gasteiger partial charge in [0.15, 0.2) is 0 Å². The number of rotatable bonds is 4. The van der Waals surface area contributed by atoms with E-state index in [1.807, 2.05) is 0 Å². The maximum absolute atomic E-state index is 8.89. The Hall–Kier alpha value is -0.340. The maximum Gasteiger partial charge on any atom is 0.0431 e. The fourth-order valence-electron chi connectivity index (χ4n) is 3.00. The zero-order chi connectivity index (χ0) is 10.5. The van der Waals surface area contributed by atoms with Gasteiger partial charge in [0.1, 0.15) is 0 Å². The van der Waals surface area contributed by atoms with E-state index in [1.165, 1.54) is 45.1 Å². The maximum atomic E-state index is 8.89. The Morgan fingerprint density at radius 1 is 1.27 bits per heavy atom. The van der Waals surface area contributed by atoms with Crippen LogP contribution < -0.4 is 0 Å². The summed E-state index contributed by atoms with van der Waals surface area (Å²) < 4.78 is 0. The van der Waals surface area contributed by atoms with E-state index >= 15 is 0 Å². The molecule has 0 aromatic rings. The van der Waals surface area contributed by atoms with Crippen LogP contribution in [0.4, 0.5) is 0 Å². The van der Waals surface area contributed by atoms with Gasteiger partial charge < -0.3 is 5.11 Å². The van der Waals surface area contributed by atoms with Crippen molar-refractivity contribution in [2.45, 2.75) is 57.0 Å². The minimum absolute atomic E-state index is 0.352. The Balaban J connectivity index is 1.88. The zero-order valence-corrected chi connectivity index (χ0v) is 9.57. The molecule has 2 unspecified atom stereocenters. The second kappa shape index (κ2) is 5.66. The quantitative estimate of drug-likeness (QED) is 0.718. The lowest BCUT2D eigenvalue weighted by Crippen LogP contribution is -2.38. The third kappa shape index (κ3) is 2.82. The molecule has 0 saturated carbocycles. The topological polar surface area (TPSA) is 23.5 Å². The molecule has 1 heterocycles. The molecule has 1 saturated heterocycles. The van der Waals surface area contributed by atoms with E-state index in [1.54, 1.807) is 0 Å². The first-order valence-electron chi connectivity index (χ1n) is 6.45. The molecular formula is C13H23NO. The van der Waals surface area contributed by atoms with E-state index in [-0.39, 0.29) is 0 Å². The van der Waals surface area contributed by atoms with Crippen molar-refractivity contribution >= 4 is 0 Å². The molecule has 0 radical (unpaired) electrons. The van der Waals surface area contributed by atoms with Crippen LogP contribution >= 0.6 is 0 Å². The molecule has 1 aliphatic carbocycles. The standard InChI is InChI=1S/C13H23NO/c15-11-5-9-13-8-4-10-14(13)12-6-2-1-3-7-12/h2,6,12-13,15H,1,3-5,7-11H2. The predicted molar refractivity (Wildman–Crippen MR) is 62.8 cm³/mol. The molecular weight excluding hydrogens is 186 g/mol. The fourth-order valence-corrected chi connectivity index (χ4v) is 3.00. The Morgan fingerprint density at radius 2 is 2.20 bits per heavy atom. The van der Waals surface area contributed by atoms with Crippen LogP contribution in [-0.2, 0) is 0 Å². The third-order valence-corrected chi connectivity index (χ3v) is 3.77. The van der Waals surface area contributed by atoms with Gasteiger partial charge in [-0.25, -0.2) is 0 Å². The highest BCUT2D eigenvalue weighted by molar-refractivity contribution is 5.01. The second-order valence-corrected chi connectivity index (χ2v) is 4.83. The number of hydrogen-bond donors (Lipinski definition) is 1. The Kier molecular flexibility index (Phi) is 4.21. The van der Waals surface area contributed by atoms with Gasteiger partial charge in [-0.15, -0.1) is 0 Å². The summed E-state index contributed by atoms with van der Waals surface area (Å²) in [6.45, 7) is 1.62. The zero-order valence-electron chi connectivity index (χ0n) is 9.57. The molecule has 15 heavy (non-hydrogen) atoms. The van der Waals surface area contributed by atoms with Gasteiger partial charge in [-0.3, -0.25) is 4.90 Å². The number of nitrogens with zero attached hydrogens (tertiary/aromatic N) is 1. The summed E-state index contributed by atoms with van der Waals surface area (Å²) in [4.78, 5) is 2.67. The third-order valence-electron chi connectivity index (χ3n) is 3.77. The van der Waals surface area contributed by atoms with Crippen LogP contribution in [0.15, 0.2) is 12.2 Å². The summed E-state index contributed by atoms with van der Waals surface area (Å²) in [5, 5.41) is 8.89. The Bertz CT molecular complexity index is 215. The lowest BCUT2D eigenvalue weighted by atomic mass is 9.99. The van der Waals surface area contributed by atoms with E-state index in [0.29, 0.717) is 12.6 Å². The van der Waals surface area contributed by atoms with Crippen LogP contribution in [0, 0.1) is 0 Å². The summed E-state index contributed by atoms with van der Waals surface area (Å²) in [6.07, 6.45) is 13.5. The van der Waals surface area contributed by atoms with Gasteiger partial charge in [0.25, 0.3) is 0 Å². The van der Waals surface area contributed by atoms with Crippen LogP contribution in [-0.4, -0.2) is 35.2 Å². The highest BCUT2D eigenvalue weighted by atomic mass is 16.2. The molecule has 2 heteroatoms. The first-order chi connectivity index (χ1) is 7.42. The van der Waals surface area contributed by atoms with E-state index in [0.717, 1.165) is 12.5 Å². The van der Waals surface area contributed by atoms with Crippen molar-refractivity contribution in [2.24, 2.45) is 0 Å². The molecule has 0 aromatic carbocycles. The molecule has 0 amide bonds. The van der Waals surface area contributed by atoms with Crippen LogP contribution in [0.25, 0.3) is 0 Å². The van der Waals surface area contributed by atoms with Gasteiger partial charge in [-0.1, -0.05) is 12.2 Å². The molecule has 1 N–H and O–H groups in total. The SMILES string of the molecule is OCCCC1CCCN1C1C=CCCC1. The van der Waals surface area contributed by atoms with Gasteiger partial charge in [0.05, 0.1) is 0 Å². The van der Waals surface area contributed by atoms with Gasteiger partial charge >= 0.3 is 0 Å². The summed E-state index contributed by atoms with van der Waals surface area (Å²) >= 11 is 0. The van der Waals surface area contributed by atoms with Crippen LogP contribution in [0.5, 0.6) is 0 Å². The molecule has 0 spiro atoms. The molecule has 2 nitrogen and oxygen atoms in total.